The summed E-state index contributed by atoms with van der Waals surface area (Å²) in [4.78, 5) is 0. The van der Waals surface area contributed by atoms with Crippen LogP contribution in [-0.2, 0) is 31.2 Å². The maximum absolute atomic E-state index is 2.71. The predicted octanol–water partition coefficient (Wildman–Crippen LogP) is 5.48. The van der Waals surface area contributed by atoms with E-state index in [0.29, 0.717) is 3.63 Å². The number of halogens is 2. The van der Waals surface area contributed by atoms with E-state index >= 15 is 0 Å². The fourth-order valence-electron chi connectivity index (χ4n) is 8.29. The zero-order valence-corrected chi connectivity index (χ0v) is 31.9. The normalized spacial score (nSPS) is 19.2. The molecule has 4 aliphatic rings. The Hall–Kier alpha value is -0.400. The van der Waals surface area contributed by atoms with Gasteiger partial charge in [0.15, 0.2) is 0 Å². The van der Waals surface area contributed by atoms with Crippen LogP contribution in [0.3, 0.4) is 0 Å². The minimum atomic E-state index is -2.17. The second-order valence-corrected chi connectivity index (χ2v) is 30.4. The molecule has 2 aromatic rings. The van der Waals surface area contributed by atoms with E-state index in [1.807, 2.05) is 3.28 Å². The molecule has 0 nitrogen and oxygen atoms in total. The Bertz CT molecular complexity index is 1270. The molecule has 0 bridgehead atoms. The number of hydrogen-bond donors (Lipinski definition) is 0. The van der Waals surface area contributed by atoms with Crippen LogP contribution < -0.4 is 24.8 Å². The van der Waals surface area contributed by atoms with E-state index < -0.39 is 25.8 Å². The zero-order valence-electron chi connectivity index (χ0n) is 27.0. The summed E-state index contributed by atoms with van der Waals surface area (Å²) in [5, 5.41) is 0. The van der Waals surface area contributed by atoms with Crippen molar-refractivity contribution in [2.24, 2.45) is 0 Å². The fourth-order valence-corrected chi connectivity index (χ4v) is 36.6. The smallest absolute Gasteiger partial charge is 1.00 e. The minimum absolute atomic E-state index is 0. The van der Waals surface area contributed by atoms with Gasteiger partial charge in [-0.1, -0.05) is 0 Å². The van der Waals surface area contributed by atoms with E-state index in [1.54, 1.807) is 47.9 Å². The van der Waals surface area contributed by atoms with Crippen LogP contribution in [0.25, 0.3) is 11.1 Å². The van der Waals surface area contributed by atoms with Crippen molar-refractivity contribution in [3.63, 3.8) is 0 Å². The third kappa shape index (κ3) is 6.88. The van der Waals surface area contributed by atoms with Crippen molar-refractivity contribution in [2.45, 2.75) is 138 Å². The average Bonchev–Trinajstić information content (AvgIpc) is 3.58. The van der Waals surface area contributed by atoms with Crippen molar-refractivity contribution in [3.05, 3.63) is 80.2 Å². The van der Waals surface area contributed by atoms with Gasteiger partial charge in [-0.2, -0.15) is 0 Å². The predicted molar refractivity (Wildman–Crippen MR) is 172 cm³/mol. The van der Waals surface area contributed by atoms with Gasteiger partial charge in [0, 0.05) is 0 Å². The molecule has 0 heterocycles. The molecule has 0 unspecified atom stereocenters. The first-order chi connectivity index (χ1) is 19.1. The monoisotopic (exact) mass is 696 g/mol. The third-order valence-electron chi connectivity index (χ3n) is 10.6. The molecule has 0 N–H and O–H groups in total. The van der Waals surface area contributed by atoms with Crippen LogP contribution in [0.4, 0.5) is 0 Å². The first kappa shape index (κ1) is 34.5. The van der Waals surface area contributed by atoms with Gasteiger partial charge in [-0.05, 0) is 0 Å². The van der Waals surface area contributed by atoms with Crippen molar-refractivity contribution in [2.75, 3.05) is 0 Å². The van der Waals surface area contributed by atoms with E-state index in [1.165, 1.54) is 56.1 Å². The van der Waals surface area contributed by atoms with Crippen LogP contribution in [0, 0.1) is 0 Å². The van der Waals surface area contributed by atoms with Crippen LogP contribution in [0.15, 0.2) is 57.9 Å². The van der Waals surface area contributed by atoms with Gasteiger partial charge in [0.2, 0.25) is 0 Å². The second-order valence-electron chi connectivity index (χ2n) is 15.4. The average molecular weight is 699 g/mol. The summed E-state index contributed by atoms with van der Waals surface area (Å²) in [6, 6.07) is 15.4. The number of fused-ring (bicyclic) bond motifs is 3. The molecule has 0 aromatic heterocycles. The van der Waals surface area contributed by atoms with Gasteiger partial charge < -0.3 is 24.8 Å². The van der Waals surface area contributed by atoms with Gasteiger partial charge in [-0.15, -0.1) is 0 Å². The van der Waals surface area contributed by atoms with Crippen LogP contribution in [0.5, 0.6) is 0 Å². The summed E-state index contributed by atoms with van der Waals surface area (Å²) in [6.45, 7) is 14.5. The molecule has 42 heavy (non-hydrogen) atoms. The molecule has 0 spiro atoms. The molecule has 4 aliphatic carbocycles. The number of allylic oxidation sites excluding steroid dienone is 4. The van der Waals surface area contributed by atoms with Gasteiger partial charge in [-0.3, -0.25) is 0 Å². The number of hydrogen-bond acceptors (Lipinski definition) is 0. The van der Waals surface area contributed by atoms with Crippen LogP contribution in [0.1, 0.15) is 138 Å². The maximum Gasteiger partial charge on any atom is -1.00 e. The number of benzene rings is 2. The molecule has 0 amide bonds. The van der Waals surface area contributed by atoms with E-state index in [9.17, 15) is 0 Å². The van der Waals surface area contributed by atoms with Crippen molar-refractivity contribution in [1.82, 2.24) is 0 Å². The van der Waals surface area contributed by atoms with Gasteiger partial charge in [0.05, 0.1) is 0 Å². The van der Waals surface area contributed by atoms with Crippen LogP contribution >= 0.6 is 0 Å². The molecule has 2 saturated carbocycles. The largest absolute Gasteiger partial charge is 1.00 e. The van der Waals surface area contributed by atoms with Gasteiger partial charge >= 0.3 is 255 Å². The van der Waals surface area contributed by atoms with E-state index in [4.69, 9.17) is 0 Å². The zero-order chi connectivity index (χ0) is 28.1. The molecule has 0 atom stereocenters. The molecule has 2 aromatic carbocycles. The van der Waals surface area contributed by atoms with Crippen molar-refractivity contribution >= 4 is 5.43 Å². The van der Waals surface area contributed by atoms with Crippen molar-refractivity contribution in [1.29, 1.82) is 0 Å². The minimum Gasteiger partial charge on any atom is -1.00 e. The molecular formula is C38H52Cl2SiZr. The van der Waals surface area contributed by atoms with Gasteiger partial charge in [0.1, 0.15) is 0 Å². The quantitative estimate of drug-likeness (QED) is 0.372. The Morgan fingerprint density at radius 2 is 1.10 bits per heavy atom. The molecule has 0 radical (unpaired) electrons. The van der Waals surface area contributed by atoms with Crippen molar-refractivity contribution in [3.8, 4) is 11.1 Å². The van der Waals surface area contributed by atoms with Crippen LogP contribution in [0.2, 0.25) is 11.1 Å². The molecule has 2 fully saturated rings. The Morgan fingerprint density at radius 1 is 0.643 bits per heavy atom. The molecule has 226 valence electrons. The van der Waals surface area contributed by atoms with Crippen LogP contribution in [-0.4, -0.2) is 5.43 Å². The third-order valence-corrected chi connectivity index (χ3v) is 33.9. The summed E-state index contributed by atoms with van der Waals surface area (Å²) in [5.74, 6) is 0. The van der Waals surface area contributed by atoms with Gasteiger partial charge in [-0.25, -0.2) is 0 Å². The Labute approximate surface area is 277 Å². The second kappa shape index (κ2) is 13.9. The molecule has 0 aliphatic heterocycles. The molecule has 6 rings (SSSR count). The van der Waals surface area contributed by atoms with Crippen molar-refractivity contribution < 1.29 is 45.2 Å². The number of rotatable bonds is 4. The van der Waals surface area contributed by atoms with E-state index in [-0.39, 0.29) is 35.6 Å². The maximum atomic E-state index is 2.71. The standard InChI is InChI=1S/C21H25.C12H22Si.C5H5.2ClH.Zr/c1-20(2,3)16-7-9-18-14(12-16)11-15-13-17(21(4,5)6)8-10-19(15)18;1-3-7-11(8-4-1)13-12-9-5-2-6-10-12;1-2-4-5-3-1;;;/h7-13H,1-6H3;11-12H,1-10H2;1-3H,4H2;2*1H;/q;;;;;+2/p-2. The Kier molecular flexibility index (Phi) is 11.4. The fraction of sp³-hybridized carbons (Fsp3) is 0.579. The molecule has 0 saturated heterocycles. The summed E-state index contributed by atoms with van der Waals surface area (Å²) >= 11 is -2.17. The van der Waals surface area contributed by atoms with E-state index in [0.717, 1.165) is 11.1 Å². The SMILES string of the molecule is CC(C)(C)c1ccc2c(c1)[CH]([Zr+2]([C]1=CC=CC1)=[Si](C1CCCCC1)C1CCCCC1)c1cc(C(C)(C)C)ccc1-2.[Cl-].[Cl-]. The summed E-state index contributed by atoms with van der Waals surface area (Å²) < 4.78 is 2.68. The Morgan fingerprint density at radius 3 is 1.48 bits per heavy atom. The molecule has 4 heteroatoms. The summed E-state index contributed by atoms with van der Waals surface area (Å²) in [6.07, 6.45) is 24.0. The van der Waals surface area contributed by atoms with E-state index in [2.05, 4.69) is 96.2 Å². The topological polar surface area (TPSA) is 0 Å². The molecular weight excluding hydrogens is 647 g/mol. The summed E-state index contributed by atoms with van der Waals surface area (Å²) in [7, 11) is 0. The first-order valence-corrected chi connectivity index (χ1v) is 24.5. The first-order valence-electron chi connectivity index (χ1n) is 16.5. The Balaban J connectivity index is 0.00000202. The summed E-state index contributed by atoms with van der Waals surface area (Å²) in [5.41, 5.74) is 11.8. The van der Waals surface area contributed by atoms with Gasteiger partial charge in [0.25, 0.3) is 0 Å².